The molecule has 58 valence electrons. The summed E-state index contributed by atoms with van der Waals surface area (Å²) in [6.07, 6.45) is 5.98. The fourth-order valence-corrected chi connectivity index (χ4v) is 2.72. The zero-order valence-electron chi connectivity index (χ0n) is 6.84. The topological polar surface area (TPSA) is 3.24 Å². The highest BCUT2D eigenvalue weighted by Gasteiger charge is 2.36. The van der Waals surface area contributed by atoms with E-state index in [1.54, 1.807) is 0 Å². The van der Waals surface area contributed by atoms with Crippen molar-refractivity contribution in [2.75, 3.05) is 13.1 Å². The molecular formula is C9H17N. The summed E-state index contributed by atoms with van der Waals surface area (Å²) in [6, 6.07) is 0.991. The number of hydrogen-bond acceptors (Lipinski definition) is 1. The first-order valence-corrected chi connectivity index (χ1v) is 4.66. The van der Waals surface area contributed by atoms with E-state index in [1.165, 1.54) is 38.8 Å². The minimum Gasteiger partial charge on any atom is -0.300 e. The van der Waals surface area contributed by atoms with Gasteiger partial charge in [0.1, 0.15) is 0 Å². The van der Waals surface area contributed by atoms with E-state index < -0.39 is 0 Å². The lowest BCUT2D eigenvalue weighted by Crippen LogP contribution is -2.29. The van der Waals surface area contributed by atoms with E-state index in [1.807, 2.05) is 0 Å². The zero-order chi connectivity index (χ0) is 6.97. The predicted octanol–water partition coefficient (Wildman–Crippen LogP) is 1.88. The quantitative estimate of drug-likeness (QED) is 0.536. The van der Waals surface area contributed by atoms with Crippen LogP contribution in [0.5, 0.6) is 0 Å². The van der Waals surface area contributed by atoms with E-state index in [-0.39, 0.29) is 0 Å². The molecule has 0 spiro atoms. The number of nitrogens with zero attached hydrogens (tertiary/aromatic N) is 1. The minimum atomic E-state index is 0.991. The Hall–Kier alpha value is -0.0400. The molecule has 2 aliphatic rings. The van der Waals surface area contributed by atoms with Crippen molar-refractivity contribution in [3.05, 3.63) is 0 Å². The van der Waals surface area contributed by atoms with Gasteiger partial charge in [-0.2, -0.15) is 0 Å². The Bertz CT molecular complexity index is 122. The van der Waals surface area contributed by atoms with Crippen LogP contribution in [0.25, 0.3) is 0 Å². The number of rotatable bonds is 1. The largest absolute Gasteiger partial charge is 0.300 e. The maximum atomic E-state index is 2.66. The van der Waals surface area contributed by atoms with Crippen molar-refractivity contribution in [1.82, 2.24) is 4.90 Å². The van der Waals surface area contributed by atoms with Crippen LogP contribution in [0.3, 0.4) is 0 Å². The van der Waals surface area contributed by atoms with E-state index in [2.05, 4.69) is 11.8 Å². The summed E-state index contributed by atoms with van der Waals surface area (Å²) in [6.45, 7) is 4.95. The van der Waals surface area contributed by atoms with E-state index in [0.717, 1.165) is 12.0 Å². The van der Waals surface area contributed by atoms with Crippen LogP contribution in [0.4, 0.5) is 0 Å². The lowest BCUT2D eigenvalue weighted by molar-refractivity contribution is 0.254. The predicted molar refractivity (Wildman–Crippen MR) is 43.0 cm³/mol. The summed E-state index contributed by atoms with van der Waals surface area (Å²) < 4.78 is 0. The lowest BCUT2D eigenvalue weighted by atomic mass is 10.1. The fourth-order valence-electron chi connectivity index (χ4n) is 2.72. The van der Waals surface area contributed by atoms with E-state index in [0.29, 0.717) is 0 Å². The lowest BCUT2D eigenvalue weighted by Gasteiger charge is -2.20. The summed E-state index contributed by atoms with van der Waals surface area (Å²) in [7, 11) is 0. The Morgan fingerprint density at radius 2 is 2.20 bits per heavy atom. The van der Waals surface area contributed by atoms with Gasteiger partial charge in [0, 0.05) is 6.04 Å². The van der Waals surface area contributed by atoms with Gasteiger partial charge in [0.25, 0.3) is 0 Å². The van der Waals surface area contributed by atoms with Gasteiger partial charge in [-0.05, 0) is 38.3 Å². The molecule has 0 radical (unpaired) electrons. The van der Waals surface area contributed by atoms with Gasteiger partial charge in [0.05, 0.1) is 0 Å². The highest BCUT2D eigenvalue weighted by atomic mass is 15.2. The molecule has 1 saturated heterocycles. The van der Waals surface area contributed by atoms with Crippen molar-refractivity contribution in [2.45, 2.75) is 38.6 Å². The molecule has 1 nitrogen and oxygen atoms in total. The smallest absolute Gasteiger partial charge is 0.0124 e. The van der Waals surface area contributed by atoms with Crippen LogP contribution >= 0.6 is 0 Å². The average molecular weight is 139 g/mol. The second kappa shape index (κ2) is 2.54. The van der Waals surface area contributed by atoms with Gasteiger partial charge in [-0.15, -0.1) is 0 Å². The van der Waals surface area contributed by atoms with E-state index >= 15 is 0 Å². The van der Waals surface area contributed by atoms with E-state index in [9.17, 15) is 0 Å². The Balaban J connectivity index is 2.01. The van der Waals surface area contributed by atoms with Crippen LogP contribution in [0.2, 0.25) is 0 Å². The molecule has 2 fully saturated rings. The summed E-state index contributed by atoms with van der Waals surface area (Å²) in [5.74, 6) is 1.08. The van der Waals surface area contributed by atoms with Gasteiger partial charge >= 0.3 is 0 Å². The van der Waals surface area contributed by atoms with Crippen molar-refractivity contribution < 1.29 is 0 Å². The van der Waals surface area contributed by atoms with Crippen molar-refractivity contribution in [1.29, 1.82) is 0 Å². The van der Waals surface area contributed by atoms with Gasteiger partial charge in [0.15, 0.2) is 0 Å². The van der Waals surface area contributed by atoms with Crippen LogP contribution < -0.4 is 0 Å². The second-order valence-electron chi connectivity index (χ2n) is 3.68. The Morgan fingerprint density at radius 3 is 3.00 bits per heavy atom. The van der Waals surface area contributed by atoms with Gasteiger partial charge in [-0.25, -0.2) is 0 Å². The average Bonchev–Trinajstić information content (AvgIpc) is 2.44. The zero-order valence-corrected chi connectivity index (χ0v) is 6.84. The summed E-state index contributed by atoms with van der Waals surface area (Å²) in [5.41, 5.74) is 0. The second-order valence-corrected chi connectivity index (χ2v) is 3.68. The van der Waals surface area contributed by atoms with Crippen molar-refractivity contribution in [3.8, 4) is 0 Å². The summed E-state index contributed by atoms with van der Waals surface area (Å²) >= 11 is 0. The van der Waals surface area contributed by atoms with Gasteiger partial charge in [-0.1, -0.05) is 13.3 Å². The third kappa shape index (κ3) is 0.878. The monoisotopic (exact) mass is 139 g/mol. The molecule has 1 saturated carbocycles. The summed E-state index contributed by atoms with van der Waals surface area (Å²) in [4.78, 5) is 2.66. The first kappa shape index (κ1) is 6.66. The molecule has 0 aromatic carbocycles. The van der Waals surface area contributed by atoms with Gasteiger partial charge in [-0.3, -0.25) is 0 Å². The molecule has 0 aromatic rings. The van der Waals surface area contributed by atoms with Gasteiger partial charge in [0.2, 0.25) is 0 Å². The molecule has 10 heavy (non-hydrogen) atoms. The highest BCUT2D eigenvalue weighted by Crippen LogP contribution is 2.37. The van der Waals surface area contributed by atoms with Crippen LogP contribution in [0.15, 0.2) is 0 Å². The van der Waals surface area contributed by atoms with Crippen LogP contribution in [0, 0.1) is 5.92 Å². The molecule has 0 unspecified atom stereocenters. The van der Waals surface area contributed by atoms with Crippen LogP contribution in [-0.4, -0.2) is 24.0 Å². The molecule has 1 aliphatic heterocycles. The normalized spacial score (nSPS) is 40.5. The highest BCUT2D eigenvalue weighted by molar-refractivity contribution is 4.90. The minimum absolute atomic E-state index is 0.991. The molecule has 0 aromatic heterocycles. The van der Waals surface area contributed by atoms with E-state index in [4.69, 9.17) is 0 Å². The Kier molecular flexibility index (Phi) is 1.69. The number of fused-ring (bicyclic) bond motifs is 1. The maximum absolute atomic E-state index is 2.66. The Morgan fingerprint density at radius 1 is 1.30 bits per heavy atom. The van der Waals surface area contributed by atoms with Crippen molar-refractivity contribution in [2.24, 2.45) is 5.92 Å². The van der Waals surface area contributed by atoms with Crippen LogP contribution in [-0.2, 0) is 0 Å². The molecule has 1 aliphatic carbocycles. The molecule has 1 heterocycles. The third-order valence-corrected chi connectivity index (χ3v) is 3.28. The van der Waals surface area contributed by atoms with Crippen LogP contribution in [0.1, 0.15) is 32.6 Å². The first-order chi connectivity index (χ1) is 4.92. The number of hydrogen-bond donors (Lipinski definition) is 0. The first-order valence-electron chi connectivity index (χ1n) is 4.66. The van der Waals surface area contributed by atoms with Gasteiger partial charge < -0.3 is 4.90 Å². The fraction of sp³-hybridized carbons (Fsp3) is 1.00. The number of likely N-dealkylation sites (tertiary alicyclic amines) is 1. The molecule has 0 N–H and O–H groups in total. The third-order valence-electron chi connectivity index (χ3n) is 3.28. The maximum Gasteiger partial charge on any atom is 0.0124 e. The SMILES string of the molecule is CCN1CC[C@@H]2CCC[C@@H]21. The standard InChI is InChI=1S/C9H17N/c1-2-10-7-6-8-4-3-5-9(8)10/h8-9H,2-7H2,1H3/t8-,9-/m0/s1. The van der Waals surface area contributed by atoms with Crippen molar-refractivity contribution >= 4 is 0 Å². The molecule has 1 heteroatoms. The molecule has 0 amide bonds. The molecule has 0 bridgehead atoms. The molecular weight excluding hydrogens is 122 g/mol. The Labute approximate surface area is 63.4 Å². The summed E-state index contributed by atoms with van der Waals surface area (Å²) in [5, 5.41) is 0. The van der Waals surface area contributed by atoms with Crippen molar-refractivity contribution in [3.63, 3.8) is 0 Å². The molecule has 2 rings (SSSR count). The molecule has 2 atom stereocenters.